The van der Waals surface area contributed by atoms with Gasteiger partial charge in [0.15, 0.2) is 24.9 Å². The number of hydrogen-bond donors (Lipinski definition) is 9. The Morgan fingerprint density at radius 2 is 0.782 bits per heavy atom. The van der Waals surface area contributed by atoms with Gasteiger partial charge in [-0.1, -0.05) is 82.8 Å². The number of nitrogens with one attached hydrogen (secondary N) is 4. The number of H-pyrrole nitrogens is 3. The molecule has 1 amide bonds. The molecule has 20 atom stereocenters. The molecule has 4 fully saturated rings. The summed E-state index contributed by atoms with van der Waals surface area (Å²) >= 11 is 7.22. The molecular weight excluding hydrogens is 1580 g/mol. The van der Waals surface area contributed by atoms with E-state index in [9.17, 15) is 63.9 Å². The van der Waals surface area contributed by atoms with Crippen molar-refractivity contribution in [3.8, 4) is 11.5 Å². The summed E-state index contributed by atoms with van der Waals surface area (Å²) in [6, 6.07) is 27.3. The number of rotatable bonds is 30. The van der Waals surface area contributed by atoms with Gasteiger partial charge < -0.3 is 97.2 Å². The first-order valence-electron chi connectivity index (χ1n) is 38.6. The first-order valence-corrected chi connectivity index (χ1v) is 39.0. The van der Waals surface area contributed by atoms with Crippen molar-refractivity contribution in [3.63, 3.8) is 0 Å². The number of hydrogen-bond acceptors (Lipinski definition) is 28. The average Bonchev–Trinajstić information content (AvgIpc) is 1.19. The van der Waals surface area contributed by atoms with Gasteiger partial charge in [-0.3, -0.25) is 52.4 Å². The number of aliphatic hydroxyl groups is 5. The minimum atomic E-state index is -1.12. The minimum Gasteiger partial charge on any atom is -0.497 e. The van der Waals surface area contributed by atoms with Crippen molar-refractivity contribution in [1.82, 2.24) is 38.2 Å². The number of anilines is 1. The maximum absolute atomic E-state index is 12.3. The van der Waals surface area contributed by atoms with Crippen molar-refractivity contribution in [2.24, 2.45) is 0 Å². The van der Waals surface area contributed by atoms with Crippen molar-refractivity contribution in [2.75, 3.05) is 81.0 Å². The highest BCUT2D eigenvalue weighted by Crippen LogP contribution is 2.44. The fourth-order valence-corrected chi connectivity index (χ4v) is 14.1. The molecule has 36 nitrogen and oxygen atoms in total. The maximum atomic E-state index is 12.3. The van der Waals surface area contributed by atoms with E-state index in [-0.39, 0.29) is 47.8 Å². The Morgan fingerprint density at radius 3 is 1.06 bits per heavy atom. The highest BCUT2D eigenvalue weighted by Gasteiger charge is 2.50. The number of ether oxygens (including phenoxy) is 14. The predicted octanol–water partition coefficient (Wildman–Crippen LogP) is 5.28. The Bertz CT molecular complexity index is 4420. The molecule has 37 heteroatoms. The van der Waals surface area contributed by atoms with E-state index in [1.54, 1.807) is 63.2 Å². The molecule has 0 spiro atoms. The molecule has 4 aromatic heterocycles. The van der Waals surface area contributed by atoms with Gasteiger partial charge in [-0.25, -0.2) is 19.2 Å². The van der Waals surface area contributed by atoms with Crippen LogP contribution in [0.5, 0.6) is 11.5 Å². The number of alkyl halides is 1. The lowest BCUT2D eigenvalue weighted by atomic mass is 9.84. The van der Waals surface area contributed by atoms with Crippen LogP contribution in [0.2, 0.25) is 0 Å². The first-order chi connectivity index (χ1) is 56.2. The Morgan fingerprint density at radius 1 is 0.487 bits per heavy atom. The molecule has 8 heterocycles. The molecule has 4 aliphatic heterocycles. The summed E-state index contributed by atoms with van der Waals surface area (Å²) in [7, 11) is 9.51. The Labute approximate surface area is 698 Å². The Hall–Kier alpha value is -8.74. The second-order valence-corrected chi connectivity index (χ2v) is 29.3. The fourth-order valence-electron chi connectivity index (χ4n) is 13.7. The monoisotopic (exact) mass is 1700 g/mol. The number of carbonyl (C=O) groups is 1. The molecule has 4 saturated heterocycles. The summed E-state index contributed by atoms with van der Waals surface area (Å²) in [6.07, 6.45) is -6.27. The number of amides is 1. The topological polar surface area (TPSA) is 459 Å². The Balaban J connectivity index is 0.000000391. The standard InChI is InChI=1S/C21H19ClO2.C16H25N3O6.2C15H24N2O6.C14H22N2O7.CH4.3H2/c1-23-19-12-8-17(9-13-19)21(22,16-6-4-3-5-7-16)18-10-14-20(24-2)15-11-18;1-5-11-13(21)14(24-9(2)8-23-4)15(25-11)19-7-6-12(17-10(3)20)18-16(19)22;2*1-5-10-11(18)12(22-9(3)7-21-4)14(23-10)17-6-8(2)13(19)16-15(17)20;1-7-4-16(14(20)15-12(7)19)13-11(22-8(2)6-21-3)10(18)9(5-17)23-13;;;;/h3-15H,1-2H3;6-7,9,11,13-15,21H,5,8H2,1-4H3,(H,17,18,20,22);2*6,9-12,14,18H,5,7H2,1-4H3,(H,16,19,20);4,8-11,13,17-18H,5-6H2,1-3H3,(H,15,19,20);1H4;3*1H/t;9?,11-,13?,14+,15-;2*9?,10-,11?,12+,14-;8?,9-,10?,11+,13-;;;;/m.1111..../s1. The van der Waals surface area contributed by atoms with E-state index in [1.807, 2.05) is 120 Å². The van der Waals surface area contributed by atoms with Crippen LogP contribution in [0.25, 0.3) is 0 Å². The molecule has 0 saturated carbocycles. The van der Waals surface area contributed by atoms with Gasteiger partial charge in [-0.15, -0.1) is 11.6 Å². The van der Waals surface area contributed by atoms with Crippen molar-refractivity contribution in [3.05, 3.63) is 216 Å². The number of aromatic nitrogens is 8. The molecule has 0 radical (unpaired) electrons. The molecular formula is C82H124ClN9O27. The molecule has 8 unspecified atom stereocenters. The largest absolute Gasteiger partial charge is 0.497 e. The number of carbonyl (C=O) groups excluding carboxylic acids is 1. The van der Waals surface area contributed by atoms with Gasteiger partial charge in [0.2, 0.25) is 5.91 Å². The summed E-state index contributed by atoms with van der Waals surface area (Å²) in [5.41, 5.74) is 0.224. The van der Waals surface area contributed by atoms with Crippen LogP contribution in [0.4, 0.5) is 5.82 Å². The van der Waals surface area contributed by atoms with Gasteiger partial charge in [-0.2, -0.15) is 4.98 Å². The van der Waals surface area contributed by atoms with Crippen LogP contribution in [0.15, 0.2) is 143 Å². The van der Waals surface area contributed by atoms with Crippen LogP contribution in [0.3, 0.4) is 0 Å². The third-order valence-electron chi connectivity index (χ3n) is 19.6. The van der Waals surface area contributed by atoms with Crippen molar-refractivity contribution in [1.29, 1.82) is 0 Å². The zero-order chi connectivity index (χ0) is 87.0. The van der Waals surface area contributed by atoms with Crippen LogP contribution in [0.1, 0.15) is 145 Å². The predicted molar refractivity (Wildman–Crippen MR) is 445 cm³/mol. The smallest absolute Gasteiger partial charge is 0.351 e. The summed E-state index contributed by atoms with van der Waals surface area (Å²) in [4.78, 5) is 104. The number of nitrogens with zero attached hydrogens (tertiary/aromatic N) is 5. The molecule has 0 aliphatic carbocycles. The lowest BCUT2D eigenvalue weighted by Gasteiger charge is -2.29. The molecule has 119 heavy (non-hydrogen) atoms. The second kappa shape index (κ2) is 46.9. The molecule has 11 rings (SSSR count). The van der Waals surface area contributed by atoms with Gasteiger partial charge in [-0.05, 0) is 115 Å². The highest BCUT2D eigenvalue weighted by molar-refractivity contribution is 6.28. The molecule has 4 aliphatic rings. The van der Waals surface area contributed by atoms with Crippen LogP contribution >= 0.6 is 11.6 Å². The van der Waals surface area contributed by atoms with E-state index in [1.165, 1.54) is 58.6 Å². The molecule has 7 aromatic rings. The molecule has 0 bridgehead atoms. The van der Waals surface area contributed by atoms with Crippen LogP contribution in [0, 0.1) is 20.8 Å². The normalized spacial score (nSPS) is 24.7. The third kappa shape index (κ3) is 25.4. The maximum Gasteiger partial charge on any atom is 0.351 e. The summed E-state index contributed by atoms with van der Waals surface area (Å²) in [5.74, 6) is 1.45. The molecule has 666 valence electrons. The van der Waals surface area contributed by atoms with Crippen LogP contribution in [-0.2, 0) is 66.5 Å². The zero-order valence-electron chi connectivity index (χ0n) is 69.4. The summed E-state index contributed by atoms with van der Waals surface area (Å²) < 4.78 is 81.8. The minimum absolute atomic E-state index is 0. The summed E-state index contributed by atoms with van der Waals surface area (Å²) in [6.45, 7) is 19.8. The Kier molecular flexibility index (Phi) is 39.0. The fraction of sp³-hybridized carbons (Fsp3) is 0.573. The van der Waals surface area contributed by atoms with E-state index in [2.05, 4.69) is 25.3 Å². The van der Waals surface area contributed by atoms with Crippen LogP contribution in [-0.4, -0.2) is 243 Å². The summed E-state index contributed by atoms with van der Waals surface area (Å²) in [5, 5.41) is 53.4. The highest BCUT2D eigenvalue weighted by atomic mass is 35.5. The second-order valence-electron chi connectivity index (χ2n) is 28.7. The lowest BCUT2D eigenvalue weighted by molar-refractivity contribution is -0.114. The average molecular weight is 1700 g/mol. The van der Waals surface area contributed by atoms with Gasteiger partial charge >= 0.3 is 22.8 Å². The van der Waals surface area contributed by atoms with E-state index >= 15 is 0 Å². The van der Waals surface area contributed by atoms with Crippen LogP contribution < -0.4 is 54.2 Å². The van der Waals surface area contributed by atoms with E-state index in [4.69, 9.17) is 77.9 Å². The van der Waals surface area contributed by atoms with Gasteiger partial charge in [0.05, 0.1) is 90.0 Å². The number of halogens is 1. The number of aromatic amines is 3. The van der Waals surface area contributed by atoms with Crippen molar-refractivity contribution in [2.45, 2.75) is 230 Å². The zero-order valence-corrected chi connectivity index (χ0v) is 70.2. The van der Waals surface area contributed by atoms with Gasteiger partial charge in [0.25, 0.3) is 16.7 Å². The quantitative estimate of drug-likeness (QED) is 0.0204. The molecule has 9 N–H and O–H groups in total. The lowest BCUT2D eigenvalue weighted by Crippen LogP contribution is -2.41. The number of aliphatic hydroxyl groups excluding tert-OH is 5. The number of benzene rings is 3. The van der Waals surface area contributed by atoms with Gasteiger partial charge in [0.1, 0.15) is 77.1 Å². The molecule has 3 aromatic carbocycles. The first kappa shape index (κ1) is 99.1. The van der Waals surface area contributed by atoms with Gasteiger partial charge in [0, 0.05) is 81.1 Å². The van der Waals surface area contributed by atoms with E-state index in [0.29, 0.717) is 62.4 Å². The number of methoxy groups -OCH3 is 6. The third-order valence-corrected chi connectivity index (χ3v) is 20.3. The van der Waals surface area contributed by atoms with E-state index < -0.39 is 149 Å². The SMILES string of the molecule is C.CC[C@H]1O[C@@H](n2cc(C)c(=O)[nH]c2=O)[C@@H](OC(C)COC)C1O.CC[C@H]1O[C@@H](n2cc(C)c(=O)[nH]c2=O)[C@@H](OC(C)COC)C1O.CC[C@H]1O[C@@H](n2ccc(NC(C)=O)nc2=O)[C@@H](OC(C)COC)C1O.COCC(C)O[C@H]1C(O)[C@@H](CO)O[C@H]1n1cc(C)c(=O)[nH]c1=O.COc1ccc(C(Cl)(c2ccccc2)c2ccc(OC)cc2)cc1.[HH].[HH].[HH]. The van der Waals surface area contributed by atoms with Crippen molar-refractivity contribution < 1.29 is 101 Å². The van der Waals surface area contributed by atoms with E-state index in [0.717, 1.165) is 32.8 Å². The number of aryl methyl sites for hydroxylation is 3. The van der Waals surface area contributed by atoms with Crippen molar-refractivity contribution >= 4 is 23.3 Å².